The van der Waals surface area contributed by atoms with E-state index in [2.05, 4.69) is 30.2 Å². The molecular formula is C13H26N4O. The second-order valence-electron chi connectivity index (χ2n) is 4.62. The highest BCUT2D eigenvalue weighted by Crippen LogP contribution is 2.17. The Morgan fingerprint density at radius 3 is 2.94 bits per heavy atom. The first-order chi connectivity index (χ1) is 8.72. The molecule has 0 amide bonds. The molecule has 5 heteroatoms. The van der Waals surface area contributed by atoms with E-state index < -0.39 is 0 Å². The lowest BCUT2D eigenvalue weighted by atomic mass is 10.1. The average molecular weight is 254 g/mol. The van der Waals surface area contributed by atoms with Crippen molar-refractivity contribution >= 4 is 0 Å². The van der Waals surface area contributed by atoms with Crippen LogP contribution in [0.15, 0.2) is 12.4 Å². The summed E-state index contributed by atoms with van der Waals surface area (Å²) in [5, 5.41) is 4.36. The molecule has 1 aromatic heterocycles. The predicted octanol–water partition coefficient (Wildman–Crippen LogP) is 1.26. The maximum Gasteiger partial charge on any atom is 0.0538 e. The third-order valence-corrected chi connectivity index (χ3v) is 3.11. The quantitative estimate of drug-likeness (QED) is 0.674. The zero-order valence-corrected chi connectivity index (χ0v) is 11.8. The van der Waals surface area contributed by atoms with Crippen LogP contribution in [-0.2, 0) is 11.3 Å². The molecule has 0 spiro atoms. The fourth-order valence-electron chi connectivity index (χ4n) is 2.09. The van der Waals surface area contributed by atoms with Crippen LogP contribution >= 0.6 is 0 Å². The monoisotopic (exact) mass is 254 g/mol. The molecule has 1 heterocycles. The van der Waals surface area contributed by atoms with Gasteiger partial charge in [0.25, 0.3) is 0 Å². The first-order valence-corrected chi connectivity index (χ1v) is 6.64. The summed E-state index contributed by atoms with van der Waals surface area (Å²) >= 11 is 0. The van der Waals surface area contributed by atoms with Crippen LogP contribution in [0.2, 0.25) is 0 Å². The van der Waals surface area contributed by atoms with Gasteiger partial charge in [-0.2, -0.15) is 5.10 Å². The number of hydrogen-bond donors (Lipinski definition) is 1. The van der Waals surface area contributed by atoms with Gasteiger partial charge >= 0.3 is 0 Å². The minimum absolute atomic E-state index is 0.243. The third-order valence-electron chi connectivity index (χ3n) is 3.11. The summed E-state index contributed by atoms with van der Waals surface area (Å²) in [5.41, 5.74) is 7.08. The summed E-state index contributed by atoms with van der Waals surface area (Å²) < 4.78 is 7.06. The molecule has 0 fully saturated rings. The molecule has 0 aliphatic heterocycles. The number of hydrogen-bond acceptors (Lipinski definition) is 4. The van der Waals surface area contributed by atoms with E-state index in [0.717, 1.165) is 32.5 Å². The van der Waals surface area contributed by atoms with E-state index in [9.17, 15) is 0 Å². The topological polar surface area (TPSA) is 56.3 Å². The van der Waals surface area contributed by atoms with Gasteiger partial charge in [0, 0.05) is 51.2 Å². The van der Waals surface area contributed by atoms with Crippen molar-refractivity contribution in [2.24, 2.45) is 5.73 Å². The highest BCUT2D eigenvalue weighted by Gasteiger charge is 2.16. The Balaban J connectivity index is 2.57. The molecule has 0 aliphatic carbocycles. The fraction of sp³-hybridized carbons (Fsp3) is 0.769. The van der Waals surface area contributed by atoms with Crippen LogP contribution in [0.25, 0.3) is 0 Å². The second kappa shape index (κ2) is 8.24. The molecule has 0 aliphatic rings. The Labute approximate surface area is 110 Å². The van der Waals surface area contributed by atoms with Crippen molar-refractivity contribution < 1.29 is 4.74 Å². The largest absolute Gasteiger partial charge is 0.385 e. The molecule has 1 atom stereocenters. The Morgan fingerprint density at radius 2 is 2.33 bits per heavy atom. The number of likely N-dealkylation sites (N-methyl/N-ethyl adjacent to an activating group) is 1. The van der Waals surface area contributed by atoms with Gasteiger partial charge in [-0.1, -0.05) is 6.92 Å². The van der Waals surface area contributed by atoms with Gasteiger partial charge in [-0.3, -0.25) is 9.58 Å². The normalized spacial score (nSPS) is 13.2. The van der Waals surface area contributed by atoms with Crippen molar-refractivity contribution in [2.45, 2.75) is 32.4 Å². The SMILES string of the molecule is CCCn1cc(C(CN)N(C)CCCOC)cn1. The molecule has 0 saturated heterocycles. The third kappa shape index (κ3) is 4.40. The molecule has 5 nitrogen and oxygen atoms in total. The van der Waals surface area contributed by atoms with Crippen LogP contribution in [0.5, 0.6) is 0 Å². The second-order valence-corrected chi connectivity index (χ2v) is 4.62. The van der Waals surface area contributed by atoms with Crippen LogP contribution in [0, 0.1) is 0 Å². The summed E-state index contributed by atoms with van der Waals surface area (Å²) in [7, 11) is 3.83. The number of ether oxygens (including phenoxy) is 1. The van der Waals surface area contributed by atoms with Crippen molar-refractivity contribution in [1.82, 2.24) is 14.7 Å². The van der Waals surface area contributed by atoms with Crippen LogP contribution in [0.3, 0.4) is 0 Å². The number of rotatable bonds is 9. The van der Waals surface area contributed by atoms with Gasteiger partial charge in [0.1, 0.15) is 0 Å². The highest BCUT2D eigenvalue weighted by molar-refractivity contribution is 5.11. The van der Waals surface area contributed by atoms with Gasteiger partial charge < -0.3 is 10.5 Å². The zero-order chi connectivity index (χ0) is 13.4. The zero-order valence-electron chi connectivity index (χ0n) is 11.8. The summed E-state index contributed by atoms with van der Waals surface area (Å²) in [6.45, 7) is 5.50. The summed E-state index contributed by atoms with van der Waals surface area (Å²) in [6, 6.07) is 0.243. The number of aryl methyl sites for hydroxylation is 1. The van der Waals surface area contributed by atoms with Crippen molar-refractivity contribution in [2.75, 3.05) is 33.9 Å². The van der Waals surface area contributed by atoms with E-state index in [0.29, 0.717) is 6.54 Å². The number of methoxy groups -OCH3 is 1. The van der Waals surface area contributed by atoms with E-state index in [1.54, 1.807) is 7.11 Å². The standard InChI is InChI=1S/C13H26N4O/c1-4-6-17-11-12(10-15-17)13(9-14)16(2)7-5-8-18-3/h10-11,13H,4-9,14H2,1-3H3. The number of nitrogens with zero attached hydrogens (tertiary/aromatic N) is 3. The summed E-state index contributed by atoms with van der Waals surface area (Å²) in [4.78, 5) is 2.27. The van der Waals surface area contributed by atoms with Gasteiger partial charge in [0.15, 0.2) is 0 Å². The summed E-state index contributed by atoms with van der Waals surface area (Å²) in [6.07, 6.45) is 6.15. The Kier molecular flexibility index (Phi) is 6.93. The molecule has 18 heavy (non-hydrogen) atoms. The summed E-state index contributed by atoms with van der Waals surface area (Å²) in [5.74, 6) is 0. The van der Waals surface area contributed by atoms with Gasteiger partial charge in [0.05, 0.1) is 6.20 Å². The lowest BCUT2D eigenvalue weighted by molar-refractivity contribution is 0.166. The van der Waals surface area contributed by atoms with E-state index in [-0.39, 0.29) is 6.04 Å². The molecule has 0 bridgehead atoms. The molecule has 0 saturated carbocycles. The van der Waals surface area contributed by atoms with Gasteiger partial charge in [-0.25, -0.2) is 0 Å². The molecule has 1 rings (SSSR count). The molecule has 2 N–H and O–H groups in total. The molecular weight excluding hydrogens is 228 g/mol. The van der Waals surface area contributed by atoms with Crippen molar-refractivity contribution in [3.8, 4) is 0 Å². The smallest absolute Gasteiger partial charge is 0.0538 e. The van der Waals surface area contributed by atoms with Gasteiger partial charge in [-0.05, 0) is 19.9 Å². The Morgan fingerprint density at radius 1 is 1.56 bits per heavy atom. The maximum absolute atomic E-state index is 5.88. The van der Waals surface area contributed by atoms with Crippen LogP contribution < -0.4 is 5.73 Å². The molecule has 1 unspecified atom stereocenters. The highest BCUT2D eigenvalue weighted by atomic mass is 16.5. The Bertz CT molecular complexity index is 327. The van der Waals surface area contributed by atoms with Gasteiger partial charge in [0.2, 0.25) is 0 Å². The van der Waals surface area contributed by atoms with Crippen LogP contribution in [0.4, 0.5) is 0 Å². The molecule has 0 radical (unpaired) electrons. The van der Waals surface area contributed by atoms with E-state index in [4.69, 9.17) is 10.5 Å². The van der Waals surface area contributed by atoms with Crippen molar-refractivity contribution in [1.29, 1.82) is 0 Å². The minimum Gasteiger partial charge on any atom is -0.385 e. The lowest BCUT2D eigenvalue weighted by Gasteiger charge is -2.25. The number of aromatic nitrogens is 2. The lowest BCUT2D eigenvalue weighted by Crippen LogP contribution is -2.31. The first kappa shape index (κ1) is 15.1. The van der Waals surface area contributed by atoms with E-state index >= 15 is 0 Å². The van der Waals surface area contributed by atoms with E-state index in [1.165, 1.54) is 5.56 Å². The van der Waals surface area contributed by atoms with Crippen molar-refractivity contribution in [3.05, 3.63) is 18.0 Å². The van der Waals surface area contributed by atoms with Crippen LogP contribution in [-0.4, -0.2) is 48.5 Å². The molecule has 0 aromatic carbocycles. The average Bonchev–Trinajstić information content (AvgIpc) is 2.79. The molecule has 104 valence electrons. The predicted molar refractivity (Wildman–Crippen MR) is 73.4 cm³/mol. The van der Waals surface area contributed by atoms with E-state index in [1.807, 2.05) is 10.9 Å². The number of nitrogens with two attached hydrogens (primary N) is 1. The maximum atomic E-state index is 5.88. The molecule has 1 aromatic rings. The van der Waals surface area contributed by atoms with Crippen molar-refractivity contribution in [3.63, 3.8) is 0 Å². The van der Waals surface area contributed by atoms with Gasteiger partial charge in [-0.15, -0.1) is 0 Å². The fourth-order valence-corrected chi connectivity index (χ4v) is 2.09. The Hall–Kier alpha value is -0.910. The van der Waals surface area contributed by atoms with Crippen LogP contribution in [0.1, 0.15) is 31.4 Å². The first-order valence-electron chi connectivity index (χ1n) is 6.64. The minimum atomic E-state index is 0.243.